The van der Waals surface area contributed by atoms with Gasteiger partial charge in [0.05, 0.1) is 10.9 Å². The standard InChI is InChI=1S/C14H17ClN2OS/c1-2-18-12-8-10(16)7-11(9-12)17-6-5-13-3-4-14(15)19-13/h3-4,7-9,17H,2,5-6,16H2,1H3. The van der Waals surface area contributed by atoms with E-state index in [4.69, 9.17) is 22.1 Å². The zero-order valence-corrected chi connectivity index (χ0v) is 12.4. The second-order valence-corrected chi connectivity index (χ2v) is 5.91. The van der Waals surface area contributed by atoms with Gasteiger partial charge in [0.15, 0.2) is 0 Å². The van der Waals surface area contributed by atoms with E-state index in [0.717, 1.165) is 28.7 Å². The van der Waals surface area contributed by atoms with Gasteiger partial charge < -0.3 is 15.8 Å². The van der Waals surface area contributed by atoms with Crippen LogP contribution in [-0.4, -0.2) is 13.2 Å². The molecule has 0 aliphatic rings. The van der Waals surface area contributed by atoms with Crippen molar-refractivity contribution in [2.75, 3.05) is 24.2 Å². The summed E-state index contributed by atoms with van der Waals surface area (Å²) in [5, 5.41) is 3.35. The lowest BCUT2D eigenvalue weighted by Crippen LogP contribution is -2.05. The third-order valence-corrected chi connectivity index (χ3v) is 3.86. The Balaban J connectivity index is 1.91. The average Bonchev–Trinajstić information content (AvgIpc) is 2.75. The molecule has 1 aromatic carbocycles. The van der Waals surface area contributed by atoms with Gasteiger partial charge in [-0.15, -0.1) is 11.3 Å². The van der Waals surface area contributed by atoms with Crippen molar-refractivity contribution in [2.45, 2.75) is 13.3 Å². The van der Waals surface area contributed by atoms with Crippen molar-refractivity contribution in [3.63, 3.8) is 0 Å². The molecule has 0 spiro atoms. The minimum Gasteiger partial charge on any atom is -0.494 e. The topological polar surface area (TPSA) is 47.3 Å². The van der Waals surface area contributed by atoms with Gasteiger partial charge >= 0.3 is 0 Å². The molecule has 0 saturated heterocycles. The molecule has 2 aromatic rings. The van der Waals surface area contributed by atoms with E-state index in [1.807, 2.05) is 31.2 Å². The van der Waals surface area contributed by atoms with E-state index in [1.54, 1.807) is 11.3 Å². The Kier molecular flexibility index (Phi) is 4.93. The molecule has 0 fully saturated rings. The van der Waals surface area contributed by atoms with Crippen LogP contribution in [0, 0.1) is 0 Å². The Morgan fingerprint density at radius 1 is 1.32 bits per heavy atom. The first-order valence-corrected chi connectivity index (χ1v) is 7.38. The zero-order chi connectivity index (χ0) is 13.7. The molecule has 0 amide bonds. The number of nitrogens with two attached hydrogens (primary N) is 1. The van der Waals surface area contributed by atoms with Gasteiger partial charge in [0, 0.05) is 34.9 Å². The van der Waals surface area contributed by atoms with E-state index in [-0.39, 0.29) is 0 Å². The number of halogens is 1. The van der Waals surface area contributed by atoms with Crippen molar-refractivity contribution in [2.24, 2.45) is 0 Å². The molecule has 0 saturated carbocycles. The van der Waals surface area contributed by atoms with Crippen molar-refractivity contribution in [1.29, 1.82) is 0 Å². The molecule has 0 radical (unpaired) electrons. The molecule has 1 aromatic heterocycles. The number of nitrogen functional groups attached to an aromatic ring is 1. The van der Waals surface area contributed by atoms with Crippen LogP contribution in [0.2, 0.25) is 4.34 Å². The molecule has 3 nitrogen and oxygen atoms in total. The molecule has 0 bridgehead atoms. The summed E-state index contributed by atoms with van der Waals surface area (Å²) in [4.78, 5) is 1.27. The summed E-state index contributed by atoms with van der Waals surface area (Å²) in [6.45, 7) is 3.43. The van der Waals surface area contributed by atoms with Gasteiger partial charge in [-0.1, -0.05) is 11.6 Å². The molecule has 0 aliphatic carbocycles. The number of thiophene rings is 1. The average molecular weight is 297 g/mol. The summed E-state index contributed by atoms with van der Waals surface area (Å²) >= 11 is 7.51. The maximum atomic E-state index is 5.90. The molecule has 1 heterocycles. The quantitative estimate of drug-likeness (QED) is 0.791. The largest absolute Gasteiger partial charge is 0.494 e. The maximum Gasteiger partial charge on any atom is 0.123 e. The molecule has 102 valence electrons. The van der Waals surface area contributed by atoms with Crippen molar-refractivity contribution >= 4 is 34.3 Å². The highest BCUT2D eigenvalue weighted by molar-refractivity contribution is 7.16. The van der Waals surface area contributed by atoms with Gasteiger partial charge in [-0.3, -0.25) is 0 Å². The number of rotatable bonds is 6. The smallest absolute Gasteiger partial charge is 0.123 e. The SMILES string of the molecule is CCOc1cc(N)cc(NCCc2ccc(Cl)s2)c1. The lowest BCUT2D eigenvalue weighted by molar-refractivity contribution is 0.340. The van der Waals surface area contributed by atoms with Crippen LogP contribution < -0.4 is 15.8 Å². The first-order chi connectivity index (χ1) is 9.17. The molecule has 0 unspecified atom stereocenters. The molecule has 0 aliphatic heterocycles. The Labute approximate surface area is 122 Å². The van der Waals surface area contributed by atoms with Crippen molar-refractivity contribution in [3.8, 4) is 5.75 Å². The lowest BCUT2D eigenvalue weighted by Gasteiger charge is -2.10. The number of hydrogen-bond donors (Lipinski definition) is 2. The van der Waals surface area contributed by atoms with Crippen LogP contribution in [0.4, 0.5) is 11.4 Å². The van der Waals surface area contributed by atoms with Gasteiger partial charge in [-0.25, -0.2) is 0 Å². The van der Waals surface area contributed by atoms with Crippen molar-refractivity contribution < 1.29 is 4.74 Å². The zero-order valence-electron chi connectivity index (χ0n) is 10.8. The first kappa shape index (κ1) is 14.0. The van der Waals surface area contributed by atoms with Gasteiger partial charge in [0.2, 0.25) is 0 Å². The van der Waals surface area contributed by atoms with Crippen LogP contribution in [0.3, 0.4) is 0 Å². The van der Waals surface area contributed by atoms with E-state index in [0.29, 0.717) is 12.3 Å². The Morgan fingerprint density at radius 3 is 2.84 bits per heavy atom. The Hall–Kier alpha value is -1.39. The lowest BCUT2D eigenvalue weighted by atomic mass is 10.2. The number of hydrogen-bond acceptors (Lipinski definition) is 4. The van der Waals surface area contributed by atoms with Crippen LogP contribution in [0.1, 0.15) is 11.8 Å². The summed E-state index contributed by atoms with van der Waals surface area (Å²) in [5.41, 5.74) is 7.52. The van der Waals surface area contributed by atoms with Gasteiger partial charge in [0.1, 0.15) is 5.75 Å². The number of nitrogens with one attached hydrogen (secondary N) is 1. The highest BCUT2D eigenvalue weighted by Crippen LogP contribution is 2.24. The molecular formula is C14H17ClN2OS. The van der Waals surface area contributed by atoms with Gasteiger partial charge in [-0.2, -0.15) is 0 Å². The van der Waals surface area contributed by atoms with Crippen LogP contribution in [0.15, 0.2) is 30.3 Å². The summed E-state index contributed by atoms with van der Waals surface area (Å²) < 4.78 is 6.29. The molecule has 5 heteroatoms. The number of benzene rings is 1. The second kappa shape index (κ2) is 6.68. The van der Waals surface area contributed by atoms with Gasteiger partial charge in [-0.05, 0) is 31.5 Å². The predicted octanol–water partition coefficient (Wildman–Crippen LogP) is 4.04. The third kappa shape index (κ3) is 4.33. The van der Waals surface area contributed by atoms with E-state index in [1.165, 1.54) is 4.88 Å². The fourth-order valence-corrected chi connectivity index (χ4v) is 2.88. The minimum absolute atomic E-state index is 0.636. The van der Waals surface area contributed by atoms with E-state index in [2.05, 4.69) is 11.4 Å². The third-order valence-electron chi connectivity index (χ3n) is 2.57. The summed E-state index contributed by atoms with van der Waals surface area (Å²) in [6, 6.07) is 9.67. The Bertz CT molecular complexity index is 542. The molecule has 19 heavy (non-hydrogen) atoms. The molecular weight excluding hydrogens is 280 g/mol. The highest BCUT2D eigenvalue weighted by Gasteiger charge is 2.01. The summed E-state index contributed by atoms with van der Waals surface area (Å²) in [7, 11) is 0. The summed E-state index contributed by atoms with van der Waals surface area (Å²) in [6.07, 6.45) is 0.941. The normalized spacial score (nSPS) is 10.4. The van der Waals surface area contributed by atoms with Crippen molar-refractivity contribution in [3.05, 3.63) is 39.5 Å². The van der Waals surface area contributed by atoms with Crippen LogP contribution in [-0.2, 0) is 6.42 Å². The minimum atomic E-state index is 0.636. The van der Waals surface area contributed by atoms with Crippen LogP contribution >= 0.6 is 22.9 Å². The van der Waals surface area contributed by atoms with E-state index >= 15 is 0 Å². The first-order valence-electron chi connectivity index (χ1n) is 6.19. The second-order valence-electron chi connectivity index (χ2n) is 4.11. The van der Waals surface area contributed by atoms with Crippen LogP contribution in [0.25, 0.3) is 0 Å². The van der Waals surface area contributed by atoms with Crippen LogP contribution in [0.5, 0.6) is 5.75 Å². The number of anilines is 2. The molecule has 3 N–H and O–H groups in total. The van der Waals surface area contributed by atoms with E-state index < -0.39 is 0 Å². The van der Waals surface area contributed by atoms with E-state index in [9.17, 15) is 0 Å². The maximum absolute atomic E-state index is 5.90. The summed E-state index contributed by atoms with van der Waals surface area (Å²) in [5.74, 6) is 0.796. The molecule has 0 atom stereocenters. The van der Waals surface area contributed by atoms with Crippen molar-refractivity contribution in [1.82, 2.24) is 0 Å². The highest BCUT2D eigenvalue weighted by atomic mass is 35.5. The monoisotopic (exact) mass is 296 g/mol. The fraction of sp³-hybridized carbons (Fsp3) is 0.286. The predicted molar refractivity (Wildman–Crippen MR) is 83.5 cm³/mol. The molecule has 2 rings (SSSR count). The number of ether oxygens (including phenoxy) is 1. The Morgan fingerprint density at radius 2 is 2.16 bits per heavy atom. The fourth-order valence-electron chi connectivity index (χ4n) is 1.79. The van der Waals surface area contributed by atoms with Gasteiger partial charge in [0.25, 0.3) is 0 Å².